The van der Waals surface area contributed by atoms with Crippen LogP contribution >= 0.6 is 0 Å². The van der Waals surface area contributed by atoms with E-state index in [1.54, 1.807) is 18.2 Å². The molecule has 0 amide bonds. The Bertz CT molecular complexity index is 516. The highest BCUT2D eigenvalue weighted by molar-refractivity contribution is 5.76. The van der Waals surface area contributed by atoms with Gasteiger partial charge in [-0.05, 0) is 18.7 Å². The number of likely N-dealkylation sites (N-methyl/N-ethyl adjacent to an activating group) is 1. The Morgan fingerprint density at radius 2 is 2.25 bits per heavy atom. The lowest BCUT2D eigenvalue weighted by atomic mass is 10.1. The van der Waals surface area contributed by atoms with E-state index in [2.05, 4.69) is 22.1 Å². The summed E-state index contributed by atoms with van der Waals surface area (Å²) in [7, 11) is 0. The number of fused-ring (bicyclic) bond motifs is 1. The number of aromatic nitrogens is 3. The molecule has 0 spiro atoms. The van der Waals surface area contributed by atoms with Gasteiger partial charge in [-0.2, -0.15) is 0 Å². The van der Waals surface area contributed by atoms with E-state index in [9.17, 15) is 5.11 Å². The molecule has 0 saturated carbocycles. The number of hydrogen-bond donors (Lipinski definition) is 1. The lowest BCUT2D eigenvalue weighted by molar-refractivity contribution is 0.107. The molecule has 1 fully saturated rings. The van der Waals surface area contributed by atoms with Gasteiger partial charge in [-0.1, -0.05) is 12.1 Å². The highest BCUT2D eigenvalue weighted by atomic mass is 16.3. The Morgan fingerprint density at radius 3 is 3.00 bits per heavy atom. The summed E-state index contributed by atoms with van der Waals surface area (Å²) >= 11 is 0. The quantitative estimate of drug-likeness (QED) is 0.817. The second kappa shape index (κ2) is 3.45. The fraction of sp³-hybridized carbons (Fsp3) is 0.455. The number of phenolic OH excluding ortho intramolecular Hbond substituents is 1. The van der Waals surface area contributed by atoms with Gasteiger partial charge in [0.1, 0.15) is 11.3 Å². The van der Waals surface area contributed by atoms with Crippen LogP contribution in [0.2, 0.25) is 0 Å². The van der Waals surface area contributed by atoms with Crippen molar-refractivity contribution in [3.63, 3.8) is 0 Å². The summed E-state index contributed by atoms with van der Waals surface area (Å²) in [5, 5.41) is 17.7. The number of likely N-dealkylation sites (tertiary alicyclic amines) is 1. The number of benzene rings is 1. The Kier molecular flexibility index (Phi) is 2.07. The average molecular weight is 218 g/mol. The summed E-state index contributed by atoms with van der Waals surface area (Å²) in [6.45, 7) is 5.27. The molecule has 0 unspecified atom stereocenters. The molecule has 1 aromatic heterocycles. The van der Waals surface area contributed by atoms with Crippen molar-refractivity contribution in [1.29, 1.82) is 0 Å². The summed E-state index contributed by atoms with van der Waals surface area (Å²) < 4.78 is 1.92. The van der Waals surface area contributed by atoms with Gasteiger partial charge in [0.05, 0.1) is 11.6 Å². The molecule has 5 nitrogen and oxygen atoms in total. The van der Waals surface area contributed by atoms with Crippen LogP contribution in [0.5, 0.6) is 5.75 Å². The number of rotatable bonds is 2. The molecule has 1 aliphatic rings. The first-order valence-corrected chi connectivity index (χ1v) is 5.54. The lowest BCUT2D eigenvalue weighted by Crippen LogP contribution is -2.47. The summed E-state index contributed by atoms with van der Waals surface area (Å²) in [6.07, 6.45) is 0. The van der Waals surface area contributed by atoms with Crippen LogP contribution in [0.25, 0.3) is 11.0 Å². The second-order valence-corrected chi connectivity index (χ2v) is 4.21. The molecule has 1 aliphatic heterocycles. The molecule has 2 heterocycles. The molecule has 5 heteroatoms. The minimum Gasteiger partial charge on any atom is -0.508 e. The molecule has 0 bridgehead atoms. The van der Waals surface area contributed by atoms with Gasteiger partial charge < -0.3 is 5.11 Å². The third-order valence-corrected chi connectivity index (χ3v) is 3.19. The molecule has 1 aromatic carbocycles. The maximum Gasteiger partial charge on any atom is 0.117 e. The average Bonchev–Trinajstić information content (AvgIpc) is 2.60. The second-order valence-electron chi connectivity index (χ2n) is 4.21. The molecule has 16 heavy (non-hydrogen) atoms. The fourth-order valence-corrected chi connectivity index (χ4v) is 2.15. The fourth-order valence-electron chi connectivity index (χ4n) is 2.15. The van der Waals surface area contributed by atoms with E-state index in [-0.39, 0.29) is 5.75 Å². The predicted octanol–water partition coefficient (Wildman–Crippen LogP) is 1.01. The third kappa shape index (κ3) is 1.36. The van der Waals surface area contributed by atoms with Crippen molar-refractivity contribution < 1.29 is 5.11 Å². The van der Waals surface area contributed by atoms with E-state index < -0.39 is 0 Å². The van der Waals surface area contributed by atoms with Crippen molar-refractivity contribution >= 4 is 11.0 Å². The molecule has 1 saturated heterocycles. The monoisotopic (exact) mass is 218 g/mol. The van der Waals surface area contributed by atoms with Gasteiger partial charge in [0.2, 0.25) is 0 Å². The minimum absolute atomic E-state index is 0.266. The third-order valence-electron chi connectivity index (χ3n) is 3.19. The Labute approximate surface area is 93.3 Å². The normalized spacial score (nSPS) is 17.8. The van der Waals surface area contributed by atoms with E-state index >= 15 is 0 Å². The first kappa shape index (κ1) is 9.59. The molecule has 2 aromatic rings. The topological polar surface area (TPSA) is 54.2 Å². The van der Waals surface area contributed by atoms with Crippen molar-refractivity contribution in [2.45, 2.75) is 13.0 Å². The van der Waals surface area contributed by atoms with E-state index in [0.717, 1.165) is 30.7 Å². The van der Waals surface area contributed by atoms with Gasteiger partial charge in [0.15, 0.2) is 0 Å². The Morgan fingerprint density at radius 1 is 1.44 bits per heavy atom. The molecule has 1 N–H and O–H groups in total. The van der Waals surface area contributed by atoms with Crippen LogP contribution in [0.4, 0.5) is 0 Å². The molecule has 0 radical (unpaired) electrons. The van der Waals surface area contributed by atoms with Gasteiger partial charge >= 0.3 is 0 Å². The molecular formula is C11H14N4O. The zero-order chi connectivity index (χ0) is 11.1. The van der Waals surface area contributed by atoms with Crippen LogP contribution in [0.1, 0.15) is 13.0 Å². The Hall–Kier alpha value is -1.62. The lowest BCUT2D eigenvalue weighted by Gasteiger charge is -2.38. The maximum atomic E-state index is 9.46. The number of phenols is 1. The summed E-state index contributed by atoms with van der Waals surface area (Å²) in [5.41, 5.74) is 1.76. The molecule has 3 rings (SSSR count). The molecule has 84 valence electrons. The van der Waals surface area contributed by atoms with Crippen LogP contribution in [-0.4, -0.2) is 44.6 Å². The van der Waals surface area contributed by atoms with E-state index in [0.29, 0.717) is 6.04 Å². The molecule has 0 aliphatic carbocycles. The van der Waals surface area contributed by atoms with Crippen molar-refractivity contribution in [3.05, 3.63) is 18.2 Å². The predicted molar refractivity (Wildman–Crippen MR) is 60.3 cm³/mol. The van der Waals surface area contributed by atoms with Crippen LogP contribution in [0.3, 0.4) is 0 Å². The highest BCUT2D eigenvalue weighted by Gasteiger charge is 2.28. The van der Waals surface area contributed by atoms with Crippen LogP contribution in [0, 0.1) is 0 Å². The SMILES string of the molecule is CCN1CC(n2nnc3ccc(O)cc32)C1. The van der Waals surface area contributed by atoms with Gasteiger partial charge in [0, 0.05) is 19.2 Å². The largest absolute Gasteiger partial charge is 0.508 e. The van der Waals surface area contributed by atoms with E-state index in [4.69, 9.17) is 0 Å². The van der Waals surface area contributed by atoms with Gasteiger partial charge in [0.25, 0.3) is 0 Å². The van der Waals surface area contributed by atoms with E-state index in [1.807, 2.05) is 4.68 Å². The first-order chi connectivity index (χ1) is 7.78. The van der Waals surface area contributed by atoms with Crippen LogP contribution < -0.4 is 0 Å². The summed E-state index contributed by atoms with van der Waals surface area (Å²) in [4.78, 5) is 2.35. The number of hydrogen-bond acceptors (Lipinski definition) is 4. The summed E-state index contributed by atoms with van der Waals surface area (Å²) in [5.74, 6) is 0.266. The smallest absolute Gasteiger partial charge is 0.117 e. The van der Waals surface area contributed by atoms with Gasteiger partial charge in [-0.15, -0.1) is 5.10 Å². The standard InChI is InChI=1S/C11H14N4O/c1-2-14-6-8(7-14)15-11-5-9(16)3-4-10(11)12-13-15/h3-5,8,16H,2,6-7H2,1H3. The highest BCUT2D eigenvalue weighted by Crippen LogP contribution is 2.25. The van der Waals surface area contributed by atoms with Crippen molar-refractivity contribution in [2.24, 2.45) is 0 Å². The Balaban J connectivity index is 1.96. The van der Waals surface area contributed by atoms with Crippen molar-refractivity contribution in [2.75, 3.05) is 19.6 Å². The van der Waals surface area contributed by atoms with Crippen molar-refractivity contribution in [1.82, 2.24) is 19.9 Å². The van der Waals surface area contributed by atoms with E-state index in [1.165, 1.54) is 0 Å². The minimum atomic E-state index is 0.266. The summed E-state index contributed by atoms with van der Waals surface area (Å²) in [6, 6.07) is 5.56. The number of nitrogens with zero attached hydrogens (tertiary/aromatic N) is 4. The van der Waals surface area contributed by atoms with Gasteiger partial charge in [-0.3, -0.25) is 4.90 Å². The molecular weight excluding hydrogens is 204 g/mol. The van der Waals surface area contributed by atoms with Crippen LogP contribution in [-0.2, 0) is 0 Å². The first-order valence-electron chi connectivity index (χ1n) is 5.54. The number of aromatic hydroxyl groups is 1. The zero-order valence-corrected chi connectivity index (χ0v) is 9.17. The van der Waals surface area contributed by atoms with Crippen LogP contribution in [0.15, 0.2) is 18.2 Å². The molecule has 0 atom stereocenters. The zero-order valence-electron chi connectivity index (χ0n) is 9.17. The van der Waals surface area contributed by atoms with Gasteiger partial charge in [-0.25, -0.2) is 4.68 Å². The maximum absolute atomic E-state index is 9.46. The van der Waals surface area contributed by atoms with Crippen molar-refractivity contribution in [3.8, 4) is 5.75 Å².